The van der Waals surface area contributed by atoms with Gasteiger partial charge in [0, 0.05) is 37.4 Å². The normalized spacial score (nSPS) is 23.8. The number of hydrogen-bond donors (Lipinski definition) is 2. The number of aromatic nitrogens is 1. The summed E-state index contributed by atoms with van der Waals surface area (Å²) < 4.78 is 5.52. The maximum absolute atomic E-state index is 12.2. The highest BCUT2D eigenvalue weighted by atomic mass is 16.5. The van der Waals surface area contributed by atoms with Gasteiger partial charge in [0.05, 0.1) is 6.10 Å². The summed E-state index contributed by atoms with van der Waals surface area (Å²) in [5.74, 6) is 0.613. The van der Waals surface area contributed by atoms with Crippen LogP contribution in [0.4, 0.5) is 4.79 Å². The van der Waals surface area contributed by atoms with Gasteiger partial charge in [-0.15, -0.1) is 0 Å². The molecule has 0 aromatic carbocycles. The lowest BCUT2D eigenvalue weighted by molar-refractivity contribution is 0.179. The first-order chi connectivity index (χ1) is 11.6. The Labute approximate surface area is 144 Å². The van der Waals surface area contributed by atoms with E-state index >= 15 is 0 Å². The number of pyridine rings is 1. The van der Waals surface area contributed by atoms with Crippen LogP contribution in [0.5, 0.6) is 5.88 Å². The second kappa shape index (κ2) is 7.83. The number of carbonyl (C=O) groups excluding carboxylic acids is 1. The van der Waals surface area contributed by atoms with Crippen LogP contribution in [-0.2, 0) is 6.54 Å². The average Bonchev–Trinajstić information content (AvgIpc) is 2.97. The summed E-state index contributed by atoms with van der Waals surface area (Å²) >= 11 is 0. The predicted octanol–water partition coefficient (Wildman–Crippen LogP) is 2.29. The van der Waals surface area contributed by atoms with Crippen molar-refractivity contribution in [2.24, 2.45) is 0 Å². The number of amides is 2. The molecule has 1 aromatic rings. The van der Waals surface area contributed by atoms with Crippen molar-refractivity contribution >= 4 is 6.03 Å². The van der Waals surface area contributed by atoms with Crippen LogP contribution < -0.4 is 15.4 Å². The molecule has 2 amide bonds. The molecule has 132 valence electrons. The number of carbonyl (C=O) groups is 1. The first kappa shape index (κ1) is 17.0. The fourth-order valence-electron chi connectivity index (χ4n) is 3.64. The Morgan fingerprint density at radius 1 is 1.33 bits per heavy atom. The van der Waals surface area contributed by atoms with Gasteiger partial charge in [0.2, 0.25) is 5.88 Å². The predicted molar refractivity (Wildman–Crippen MR) is 93.0 cm³/mol. The molecule has 6 heteroatoms. The standard InChI is InChI=1S/C18H28N4O2/c1-13(2)24-17-7-6-14(11-19-17)12-20-18(23)21-15-8-10-22-9-4-3-5-16(15)22/h6-7,11,13,15-16H,3-5,8-10,12H2,1-2H3,(H2,20,21,23)/t15-,16+/m0/s1. The summed E-state index contributed by atoms with van der Waals surface area (Å²) in [5, 5.41) is 6.08. The van der Waals surface area contributed by atoms with Gasteiger partial charge in [-0.3, -0.25) is 4.90 Å². The van der Waals surface area contributed by atoms with Crippen molar-refractivity contribution in [2.75, 3.05) is 13.1 Å². The van der Waals surface area contributed by atoms with Crippen molar-refractivity contribution in [3.05, 3.63) is 23.9 Å². The summed E-state index contributed by atoms with van der Waals surface area (Å²) in [4.78, 5) is 18.9. The molecular formula is C18H28N4O2. The van der Waals surface area contributed by atoms with Crippen molar-refractivity contribution in [2.45, 2.75) is 64.3 Å². The number of nitrogens with zero attached hydrogens (tertiary/aromatic N) is 2. The molecule has 24 heavy (non-hydrogen) atoms. The number of ether oxygens (including phenoxy) is 1. The van der Waals surface area contributed by atoms with Gasteiger partial charge in [0.1, 0.15) is 0 Å². The van der Waals surface area contributed by atoms with E-state index in [-0.39, 0.29) is 18.2 Å². The fourth-order valence-corrected chi connectivity index (χ4v) is 3.64. The molecule has 0 bridgehead atoms. The van der Waals surface area contributed by atoms with Gasteiger partial charge in [-0.2, -0.15) is 0 Å². The Balaban J connectivity index is 1.44. The highest BCUT2D eigenvalue weighted by Crippen LogP contribution is 2.27. The van der Waals surface area contributed by atoms with E-state index in [2.05, 4.69) is 20.5 Å². The molecule has 0 spiro atoms. The third-order valence-electron chi connectivity index (χ3n) is 4.78. The van der Waals surface area contributed by atoms with E-state index in [1.807, 2.05) is 26.0 Å². The number of rotatable bonds is 5. The zero-order valence-electron chi connectivity index (χ0n) is 14.6. The van der Waals surface area contributed by atoms with E-state index in [0.29, 0.717) is 18.5 Å². The van der Waals surface area contributed by atoms with E-state index in [1.165, 1.54) is 25.8 Å². The molecular weight excluding hydrogens is 304 g/mol. The van der Waals surface area contributed by atoms with Crippen LogP contribution in [-0.4, -0.2) is 47.2 Å². The lowest BCUT2D eigenvalue weighted by Crippen LogP contribution is -2.49. The molecule has 1 aromatic heterocycles. The first-order valence-electron chi connectivity index (χ1n) is 9.02. The largest absolute Gasteiger partial charge is 0.475 e. The molecule has 2 fully saturated rings. The Hall–Kier alpha value is -1.82. The smallest absolute Gasteiger partial charge is 0.315 e. The lowest BCUT2D eigenvalue weighted by Gasteiger charge is -2.32. The van der Waals surface area contributed by atoms with Crippen LogP contribution in [0, 0.1) is 0 Å². The highest BCUT2D eigenvalue weighted by Gasteiger charge is 2.36. The molecule has 2 saturated heterocycles. The molecule has 2 aliphatic heterocycles. The summed E-state index contributed by atoms with van der Waals surface area (Å²) in [5.41, 5.74) is 0.965. The van der Waals surface area contributed by atoms with Gasteiger partial charge in [0.25, 0.3) is 0 Å². The van der Waals surface area contributed by atoms with Gasteiger partial charge >= 0.3 is 6.03 Å². The maximum atomic E-state index is 12.2. The maximum Gasteiger partial charge on any atom is 0.315 e. The average molecular weight is 332 g/mol. The molecule has 0 saturated carbocycles. The van der Waals surface area contributed by atoms with E-state index in [9.17, 15) is 4.79 Å². The Morgan fingerprint density at radius 3 is 2.96 bits per heavy atom. The van der Waals surface area contributed by atoms with Gasteiger partial charge in [0.15, 0.2) is 0 Å². The fraction of sp³-hybridized carbons (Fsp3) is 0.667. The van der Waals surface area contributed by atoms with Crippen molar-refractivity contribution in [3.8, 4) is 5.88 Å². The van der Waals surface area contributed by atoms with Crippen LogP contribution in [0.3, 0.4) is 0 Å². The van der Waals surface area contributed by atoms with Crippen molar-refractivity contribution < 1.29 is 9.53 Å². The first-order valence-corrected chi connectivity index (χ1v) is 9.02. The third kappa shape index (κ3) is 4.38. The summed E-state index contributed by atoms with van der Waals surface area (Å²) in [7, 11) is 0. The van der Waals surface area contributed by atoms with E-state index in [0.717, 1.165) is 18.5 Å². The monoisotopic (exact) mass is 332 g/mol. The van der Waals surface area contributed by atoms with Crippen LogP contribution in [0.15, 0.2) is 18.3 Å². The van der Waals surface area contributed by atoms with Gasteiger partial charge < -0.3 is 15.4 Å². The van der Waals surface area contributed by atoms with Crippen molar-refractivity contribution in [1.29, 1.82) is 0 Å². The summed E-state index contributed by atoms with van der Waals surface area (Å²) in [6.45, 7) is 6.70. The number of urea groups is 1. The van der Waals surface area contributed by atoms with Crippen molar-refractivity contribution in [3.63, 3.8) is 0 Å². The zero-order chi connectivity index (χ0) is 16.9. The minimum Gasteiger partial charge on any atom is -0.475 e. The van der Waals surface area contributed by atoms with E-state index in [4.69, 9.17) is 4.74 Å². The molecule has 3 rings (SSSR count). The SMILES string of the molecule is CC(C)Oc1ccc(CNC(=O)N[C@H]2CCN3CCCC[C@H]23)cn1. The van der Waals surface area contributed by atoms with E-state index < -0.39 is 0 Å². The van der Waals surface area contributed by atoms with Crippen LogP contribution in [0.2, 0.25) is 0 Å². The third-order valence-corrected chi connectivity index (χ3v) is 4.78. The number of fused-ring (bicyclic) bond motifs is 1. The van der Waals surface area contributed by atoms with Crippen LogP contribution in [0.1, 0.15) is 45.1 Å². The Kier molecular flexibility index (Phi) is 5.56. The molecule has 0 unspecified atom stereocenters. The molecule has 0 aliphatic carbocycles. The number of hydrogen-bond acceptors (Lipinski definition) is 4. The Bertz CT molecular complexity index is 546. The molecule has 2 N–H and O–H groups in total. The lowest BCUT2D eigenvalue weighted by atomic mass is 9.99. The van der Waals surface area contributed by atoms with E-state index in [1.54, 1.807) is 6.20 Å². The molecule has 6 nitrogen and oxygen atoms in total. The number of nitrogens with one attached hydrogen (secondary N) is 2. The minimum absolute atomic E-state index is 0.0880. The van der Waals surface area contributed by atoms with Crippen LogP contribution >= 0.6 is 0 Å². The molecule has 3 heterocycles. The second-order valence-corrected chi connectivity index (χ2v) is 6.99. The minimum atomic E-state index is -0.0880. The van der Waals surface area contributed by atoms with Gasteiger partial charge in [-0.1, -0.05) is 12.5 Å². The topological polar surface area (TPSA) is 66.5 Å². The number of piperidine rings is 1. The summed E-state index contributed by atoms with van der Waals surface area (Å²) in [6.07, 6.45) is 6.68. The molecule has 2 aliphatic rings. The molecule has 2 atom stereocenters. The molecule has 0 radical (unpaired) electrons. The van der Waals surface area contributed by atoms with Gasteiger partial charge in [-0.05, 0) is 45.2 Å². The Morgan fingerprint density at radius 2 is 2.21 bits per heavy atom. The zero-order valence-corrected chi connectivity index (χ0v) is 14.6. The van der Waals surface area contributed by atoms with Crippen molar-refractivity contribution in [1.82, 2.24) is 20.5 Å². The second-order valence-electron chi connectivity index (χ2n) is 6.99. The summed E-state index contributed by atoms with van der Waals surface area (Å²) in [6, 6.07) is 4.49. The quantitative estimate of drug-likeness (QED) is 0.868. The van der Waals surface area contributed by atoms with Crippen LogP contribution in [0.25, 0.3) is 0 Å². The highest BCUT2D eigenvalue weighted by molar-refractivity contribution is 5.74. The van der Waals surface area contributed by atoms with Gasteiger partial charge in [-0.25, -0.2) is 9.78 Å².